The van der Waals surface area contributed by atoms with Gasteiger partial charge in [0, 0.05) is 25.1 Å². The van der Waals surface area contributed by atoms with Gasteiger partial charge in [-0.3, -0.25) is 39.1 Å². The minimum atomic E-state index is -1.97. The first-order chi connectivity index (χ1) is 19.8. The second-order valence-corrected chi connectivity index (χ2v) is 13.2. The quantitative estimate of drug-likeness (QED) is 0.124. The molecule has 2 saturated heterocycles. The molecular formula is C28H22Cl2IN3O8. The number of amides is 4. The van der Waals surface area contributed by atoms with E-state index < -0.39 is 62.0 Å². The van der Waals surface area contributed by atoms with Crippen molar-refractivity contribution in [1.82, 2.24) is 4.90 Å². The molecular weight excluding hydrogens is 704 g/mol. The molecule has 4 amide bonds. The SMILES string of the molecule is COc1cc([C@H]2C3=CC[C@@H]4C(=O)N(c5ccc([N+](=O)[O-])cc5)C(=O)[C@@H]4[C@@H]3C[C@@]3(Cl)C(=O)N(C)C(=O)[C@@]23Cl)cc(I)c1O. The smallest absolute Gasteiger partial charge is 0.269 e. The van der Waals surface area contributed by atoms with Crippen LogP contribution in [0.25, 0.3) is 0 Å². The Bertz CT molecular complexity index is 1650. The van der Waals surface area contributed by atoms with E-state index in [0.29, 0.717) is 14.7 Å². The number of anilines is 1. The first-order valence-corrected chi connectivity index (χ1v) is 14.7. The van der Waals surface area contributed by atoms with E-state index in [9.17, 15) is 34.4 Å². The number of allylic oxidation sites excluding steroid dienone is 2. The number of hydrogen-bond acceptors (Lipinski definition) is 8. The molecule has 2 aliphatic heterocycles. The van der Waals surface area contributed by atoms with Gasteiger partial charge in [-0.25, -0.2) is 0 Å². The van der Waals surface area contributed by atoms with Gasteiger partial charge < -0.3 is 9.84 Å². The lowest BCUT2D eigenvalue weighted by atomic mass is 9.56. The number of imide groups is 2. The Kier molecular flexibility index (Phi) is 6.63. The van der Waals surface area contributed by atoms with Crippen LogP contribution in [0.4, 0.5) is 11.4 Å². The second kappa shape index (κ2) is 9.64. The van der Waals surface area contributed by atoms with Gasteiger partial charge in [0.05, 0.1) is 33.1 Å². The van der Waals surface area contributed by atoms with Gasteiger partial charge >= 0.3 is 0 Å². The van der Waals surface area contributed by atoms with Gasteiger partial charge in [-0.2, -0.15) is 0 Å². The number of phenolic OH excluding ortho intramolecular Hbond substituents is 1. The molecule has 2 heterocycles. The molecule has 0 unspecified atom stereocenters. The van der Waals surface area contributed by atoms with Crippen LogP contribution < -0.4 is 9.64 Å². The highest BCUT2D eigenvalue weighted by atomic mass is 127. The third kappa shape index (κ3) is 3.63. The molecule has 0 radical (unpaired) electrons. The predicted molar refractivity (Wildman–Crippen MR) is 158 cm³/mol. The van der Waals surface area contributed by atoms with E-state index >= 15 is 0 Å². The lowest BCUT2D eigenvalue weighted by Gasteiger charge is -2.50. The number of methoxy groups -OCH3 is 1. The number of carbonyl (C=O) groups is 4. The van der Waals surface area contributed by atoms with Crippen molar-refractivity contribution >= 4 is 80.8 Å². The summed E-state index contributed by atoms with van der Waals surface area (Å²) in [5.41, 5.74) is 1.04. The van der Waals surface area contributed by atoms with Gasteiger partial charge in [0.2, 0.25) is 11.8 Å². The molecule has 2 aromatic rings. The number of alkyl halides is 2. The average molecular weight is 726 g/mol. The molecule has 3 fully saturated rings. The molecule has 1 N–H and O–H groups in total. The lowest BCUT2D eigenvalue weighted by Crippen LogP contribution is -2.60. The maximum Gasteiger partial charge on any atom is 0.269 e. The van der Waals surface area contributed by atoms with Crippen LogP contribution >= 0.6 is 45.8 Å². The van der Waals surface area contributed by atoms with Gasteiger partial charge in [-0.05, 0) is 71.2 Å². The van der Waals surface area contributed by atoms with Gasteiger partial charge in [0.25, 0.3) is 17.5 Å². The molecule has 11 nitrogen and oxygen atoms in total. The summed E-state index contributed by atoms with van der Waals surface area (Å²) < 4.78 is 5.76. The summed E-state index contributed by atoms with van der Waals surface area (Å²) in [4.78, 5) is 63.4. The topological polar surface area (TPSA) is 147 Å². The Morgan fingerprint density at radius 1 is 1.07 bits per heavy atom. The Morgan fingerprint density at radius 3 is 2.36 bits per heavy atom. The van der Waals surface area contributed by atoms with Crippen molar-refractivity contribution in [3.8, 4) is 11.5 Å². The molecule has 0 spiro atoms. The summed E-state index contributed by atoms with van der Waals surface area (Å²) >= 11 is 16.3. The van der Waals surface area contributed by atoms with Crippen molar-refractivity contribution in [3.63, 3.8) is 0 Å². The van der Waals surface area contributed by atoms with Crippen LogP contribution in [0.15, 0.2) is 48.0 Å². The molecule has 14 heteroatoms. The van der Waals surface area contributed by atoms with Crippen molar-refractivity contribution in [2.24, 2.45) is 17.8 Å². The number of fused-ring (bicyclic) bond motifs is 4. The Hall–Kier alpha value is -3.23. The molecule has 4 aliphatic rings. The number of hydrogen-bond donors (Lipinski definition) is 1. The van der Waals surface area contributed by atoms with Gasteiger partial charge in [-0.1, -0.05) is 11.6 Å². The van der Waals surface area contributed by atoms with Crippen LogP contribution in [-0.4, -0.2) is 62.5 Å². The maximum atomic E-state index is 14.0. The van der Waals surface area contributed by atoms with E-state index in [0.717, 1.165) is 9.80 Å². The summed E-state index contributed by atoms with van der Waals surface area (Å²) in [6, 6.07) is 8.27. The number of non-ortho nitro benzene ring substituents is 1. The molecule has 1 saturated carbocycles. The van der Waals surface area contributed by atoms with E-state index in [1.807, 2.05) is 22.6 Å². The Labute approximate surface area is 262 Å². The van der Waals surface area contributed by atoms with Crippen molar-refractivity contribution < 1.29 is 33.9 Å². The summed E-state index contributed by atoms with van der Waals surface area (Å²) in [5, 5.41) is 21.6. The molecule has 2 aliphatic carbocycles. The summed E-state index contributed by atoms with van der Waals surface area (Å²) in [5.74, 6) is -5.83. The highest BCUT2D eigenvalue weighted by molar-refractivity contribution is 14.1. The van der Waals surface area contributed by atoms with Crippen LogP contribution in [0.1, 0.15) is 24.3 Å². The minimum Gasteiger partial charge on any atom is -0.504 e. The lowest BCUT2D eigenvalue weighted by molar-refractivity contribution is -0.384. The Morgan fingerprint density at radius 2 is 1.74 bits per heavy atom. The zero-order valence-corrected chi connectivity index (χ0v) is 25.7. The number of halogens is 3. The second-order valence-electron chi connectivity index (χ2n) is 10.8. The molecule has 6 rings (SSSR count). The fraction of sp³-hybridized carbons (Fsp3) is 0.357. The number of nitro groups is 1. The largest absolute Gasteiger partial charge is 0.504 e. The number of rotatable bonds is 4. The maximum absolute atomic E-state index is 14.0. The summed E-state index contributed by atoms with van der Waals surface area (Å²) in [7, 11) is 2.68. The summed E-state index contributed by atoms with van der Waals surface area (Å²) in [6.45, 7) is 0. The van der Waals surface area contributed by atoms with E-state index in [-0.39, 0.29) is 35.7 Å². The third-order valence-electron chi connectivity index (χ3n) is 8.94. The number of aromatic hydroxyl groups is 1. The van der Waals surface area contributed by atoms with Crippen molar-refractivity contribution in [2.45, 2.75) is 28.5 Å². The fourth-order valence-electron chi connectivity index (χ4n) is 7.01. The minimum absolute atomic E-state index is 0.117. The standard InChI is InChI=1S/C28H22Cl2IN3O8/c1-32-25(38)27(29)11-17-15(21(28(27,30)26(32)39)12-9-18(31)22(35)19(10-12)42-2)7-8-16-20(17)24(37)33(23(16)36)13-3-5-14(6-4-13)34(40)41/h3-7,9-10,16-17,20-21,35H,8,11H2,1-2H3/t16-,17+,20-,21-,27+,28-/m0/s1. The molecule has 0 bridgehead atoms. The predicted octanol–water partition coefficient (Wildman–Crippen LogP) is 4.11. The number of benzene rings is 2. The first kappa shape index (κ1) is 28.9. The Balaban J connectivity index is 1.50. The molecule has 218 valence electrons. The van der Waals surface area contributed by atoms with E-state index in [2.05, 4.69) is 0 Å². The van der Waals surface area contributed by atoms with Crippen LogP contribution in [0.5, 0.6) is 11.5 Å². The number of ether oxygens (including phenoxy) is 1. The van der Waals surface area contributed by atoms with E-state index in [1.165, 1.54) is 44.5 Å². The van der Waals surface area contributed by atoms with Crippen LogP contribution in [-0.2, 0) is 19.2 Å². The highest BCUT2D eigenvalue weighted by Gasteiger charge is 2.76. The van der Waals surface area contributed by atoms with Crippen molar-refractivity contribution in [3.05, 3.63) is 67.3 Å². The number of carbonyl (C=O) groups excluding carboxylic acids is 4. The highest BCUT2D eigenvalue weighted by Crippen LogP contribution is 2.65. The monoisotopic (exact) mass is 725 g/mol. The van der Waals surface area contributed by atoms with Crippen LogP contribution in [0.2, 0.25) is 0 Å². The number of likely N-dealkylation sites (tertiary alicyclic amines) is 1. The third-order valence-corrected chi connectivity index (χ3v) is 11.2. The molecule has 0 aromatic heterocycles. The zero-order valence-electron chi connectivity index (χ0n) is 22.0. The van der Waals surface area contributed by atoms with Gasteiger partial charge in [0.1, 0.15) is 0 Å². The first-order valence-electron chi connectivity index (χ1n) is 12.9. The van der Waals surface area contributed by atoms with Crippen molar-refractivity contribution in [1.29, 1.82) is 0 Å². The molecule has 2 aromatic carbocycles. The molecule has 6 atom stereocenters. The number of nitro benzene ring substituents is 1. The number of phenols is 1. The van der Waals surface area contributed by atoms with Gasteiger partial charge in [0.15, 0.2) is 21.2 Å². The average Bonchev–Trinajstić information content (AvgIpc) is 3.29. The normalized spacial score (nSPS) is 32.0. The summed E-state index contributed by atoms with van der Waals surface area (Å²) in [6.07, 6.45) is 1.79. The van der Waals surface area contributed by atoms with E-state index in [1.54, 1.807) is 12.1 Å². The fourth-order valence-corrected chi connectivity index (χ4v) is 8.66. The number of nitrogens with zero attached hydrogens (tertiary/aromatic N) is 3. The molecule has 42 heavy (non-hydrogen) atoms. The van der Waals surface area contributed by atoms with Crippen LogP contribution in [0.3, 0.4) is 0 Å². The van der Waals surface area contributed by atoms with E-state index in [4.69, 9.17) is 27.9 Å². The van der Waals surface area contributed by atoms with Gasteiger partial charge in [-0.15, -0.1) is 23.2 Å². The van der Waals surface area contributed by atoms with Crippen molar-refractivity contribution in [2.75, 3.05) is 19.1 Å². The zero-order chi connectivity index (χ0) is 30.5. The van der Waals surface area contributed by atoms with Crippen LogP contribution in [0, 0.1) is 31.4 Å².